The van der Waals surface area contributed by atoms with Gasteiger partial charge in [-0.15, -0.1) is 0 Å². The summed E-state index contributed by atoms with van der Waals surface area (Å²) < 4.78 is 62.8. The molecular formula is C64H64O16S2. The molecule has 8 rings (SSSR count). The zero-order valence-electron chi connectivity index (χ0n) is 47.5. The van der Waals surface area contributed by atoms with E-state index in [0.29, 0.717) is 57.5 Å². The molecule has 16 nitrogen and oxygen atoms in total. The van der Waals surface area contributed by atoms with Crippen molar-refractivity contribution in [2.75, 3.05) is 42.7 Å². The van der Waals surface area contributed by atoms with Gasteiger partial charge in [-0.1, -0.05) is 23.5 Å². The van der Waals surface area contributed by atoms with Crippen LogP contribution in [0.4, 0.5) is 0 Å². The van der Waals surface area contributed by atoms with Gasteiger partial charge in [0, 0.05) is 47.3 Å². The van der Waals surface area contributed by atoms with Crippen LogP contribution in [0, 0.1) is 13.8 Å². The molecule has 0 saturated heterocycles. The van der Waals surface area contributed by atoms with E-state index in [1.807, 2.05) is 129 Å². The minimum absolute atomic E-state index is 0.310. The first-order chi connectivity index (χ1) is 39.4. The summed E-state index contributed by atoms with van der Waals surface area (Å²) in [6.45, 7) is 9.31. The summed E-state index contributed by atoms with van der Waals surface area (Å²) in [6, 6.07) is 51.4. The average molecular weight is 1150 g/mol. The van der Waals surface area contributed by atoms with E-state index in [1.54, 1.807) is 102 Å². The van der Waals surface area contributed by atoms with Gasteiger partial charge in [0.1, 0.15) is 57.5 Å². The lowest BCUT2D eigenvalue weighted by molar-refractivity contribution is -0.132. The lowest BCUT2D eigenvalue weighted by Gasteiger charge is -2.11. The molecule has 0 heterocycles. The number of carbonyl (C=O) groups excluding carboxylic acids is 4. The highest BCUT2D eigenvalue weighted by Gasteiger charge is 2.12. The Balaban J connectivity index is 0.000000201. The number of benzene rings is 8. The molecular weight excluding hydrogens is 1090 g/mol. The Morgan fingerprint density at radius 2 is 0.561 bits per heavy atom. The summed E-state index contributed by atoms with van der Waals surface area (Å²) in [5.74, 6) is 7.71. The third-order valence-corrected chi connectivity index (χ3v) is 12.7. The fourth-order valence-corrected chi connectivity index (χ4v) is 8.71. The van der Waals surface area contributed by atoms with Crippen molar-refractivity contribution in [2.45, 2.75) is 61.1 Å². The molecule has 0 aliphatic carbocycles. The molecule has 18 heteroatoms. The molecule has 0 fully saturated rings. The third kappa shape index (κ3) is 21.4. The second kappa shape index (κ2) is 32.7. The smallest absolute Gasteiger partial charge is 0.308 e. The molecule has 82 heavy (non-hydrogen) atoms. The third-order valence-electron chi connectivity index (χ3n) is 10.7. The Morgan fingerprint density at radius 1 is 0.268 bits per heavy atom. The number of aryl methyl sites for hydroxylation is 2. The fourth-order valence-electron chi connectivity index (χ4n) is 7.02. The van der Waals surface area contributed by atoms with Crippen LogP contribution in [0.2, 0.25) is 0 Å². The van der Waals surface area contributed by atoms with Crippen LogP contribution in [0.25, 0.3) is 0 Å². The van der Waals surface area contributed by atoms with Crippen LogP contribution in [0.5, 0.6) is 80.5 Å². The van der Waals surface area contributed by atoms with Gasteiger partial charge in [0.15, 0.2) is 23.0 Å². The van der Waals surface area contributed by atoms with Crippen molar-refractivity contribution in [3.63, 3.8) is 0 Å². The van der Waals surface area contributed by atoms with Gasteiger partial charge < -0.3 is 56.8 Å². The quantitative estimate of drug-likeness (QED) is 0.0584. The van der Waals surface area contributed by atoms with Gasteiger partial charge in [-0.25, -0.2) is 0 Å². The SMILES string of the molecule is COc1ccc(Oc2ccc(OC(C)=O)c(C)c2)cc1C.COc1ccc(Oc2ccc(OC(C)=O)cc2)cc1.COc1ccc(Sc2ccc(OC(C)=O)c(OC)c2)cc1OC.COc1ccc(Sc2ccc(OC(C)=O)cc2)cc1. The minimum Gasteiger partial charge on any atom is -0.497 e. The zero-order chi connectivity index (χ0) is 59.6. The topological polar surface area (TPSA) is 179 Å². The van der Waals surface area contributed by atoms with E-state index in [1.165, 1.54) is 46.6 Å². The van der Waals surface area contributed by atoms with E-state index in [9.17, 15) is 19.2 Å². The summed E-state index contributed by atoms with van der Waals surface area (Å²) in [7, 11) is 9.64. The van der Waals surface area contributed by atoms with Crippen molar-refractivity contribution in [3.05, 3.63) is 181 Å². The first-order valence-corrected chi connectivity index (χ1v) is 26.6. The lowest BCUT2D eigenvalue weighted by atomic mass is 10.2. The molecule has 8 aromatic carbocycles. The summed E-state index contributed by atoms with van der Waals surface area (Å²) in [5, 5.41) is 0. The van der Waals surface area contributed by atoms with E-state index in [4.69, 9.17) is 56.8 Å². The van der Waals surface area contributed by atoms with Crippen LogP contribution in [-0.4, -0.2) is 66.5 Å². The van der Waals surface area contributed by atoms with E-state index >= 15 is 0 Å². The molecule has 0 bridgehead atoms. The standard InChI is InChI=1S/C17H18O5S.C17H18O4.C15H14O4.C15H14O3S/c1-11(18)22-15-8-6-13(10-17(15)21-4)23-12-5-7-14(19-2)16(9-12)20-3;1-11-9-14(5-7-16(11)19-4)21-15-6-8-17(12(2)10-15)20-13(3)18;1-11(16)18-13-7-9-15(10-8-13)19-14-5-3-12(17-2)4-6-14;1-11(16)18-13-5-9-15(10-6-13)19-14-7-3-12(17-2)4-8-14/h5-10H,1-4H3;5-10H,1-4H3;2*3-10H,1-2H3. The monoisotopic (exact) mass is 1150 g/mol. The largest absolute Gasteiger partial charge is 0.497 e. The lowest BCUT2D eigenvalue weighted by Crippen LogP contribution is -2.02. The van der Waals surface area contributed by atoms with E-state index in [0.717, 1.165) is 53.7 Å². The molecule has 0 aromatic heterocycles. The van der Waals surface area contributed by atoms with Crippen molar-refractivity contribution >= 4 is 47.4 Å². The van der Waals surface area contributed by atoms with Crippen molar-refractivity contribution in [1.82, 2.24) is 0 Å². The summed E-state index contributed by atoms with van der Waals surface area (Å²) in [4.78, 5) is 47.8. The molecule has 8 aromatic rings. The predicted octanol–water partition coefficient (Wildman–Crippen LogP) is 15.0. The van der Waals surface area contributed by atoms with Crippen LogP contribution in [0.15, 0.2) is 189 Å². The Kier molecular flexibility index (Phi) is 25.4. The number of hydrogen-bond acceptors (Lipinski definition) is 18. The number of hydrogen-bond donors (Lipinski definition) is 0. The molecule has 0 atom stereocenters. The van der Waals surface area contributed by atoms with Crippen molar-refractivity contribution in [2.24, 2.45) is 0 Å². The number of esters is 4. The first kappa shape index (κ1) is 63.6. The molecule has 0 unspecified atom stereocenters. The van der Waals surface area contributed by atoms with Crippen molar-refractivity contribution in [3.8, 4) is 80.5 Å². The summed E-state index contributed by atoms with van der Waals surface area (Å²) >= 11 is 3.18. The molecule has 0 aliphatic heterocycles. The van der Waals surface area contributed by atoms with Gasteiger partial charge in [-0.05, 0) is 195 Å². The second-order valence-corrected chi connectivity index (χ2v) is 19.3. The number of carbonyl (C=O) groups is 4. The molecule has 0 spiro atoms. The van der Waals surface area contributed by atoms with Gasteiger partial charge in [0.05, 0.1) is 42.7 Å². The summed E-state index contributed by atoms with van der Waals surface area (Å²) in [5.41, 5.74) is 1.84. The van der Waals surface area contributed by atoms with Crippen LogP contribution in [-0.2, 0) is 19.2 Å². The number of methoxy groups -OCH3 is 6. The fraction of sp³-hybridized carbons (Fsp3) is 0.188. The Morgan fingerprint density at radius 3 is 0.963 bits per heavy atom. The van der Waals surface area contributed by atoms with Crippen LogP contribution in [0.1, 0.15) is 38.8 Å². The van der Waals surface area contributed by atoms with Gasteiger partial charge >= 0.3 is 23.9 Å². The highest BCUT2D eigenvalue weighted by Crippen LogP contribution is 2.39. The predicted molar refractivity (Wildman–Crippen MR) is 314 cm³/mol. The Bertz CT molecular complexity index is 3240. The molecule has 0 radical (unpaired) electrons. The first-order valence-electron chi connectivity index (χ1n) is 25.0. The molecule has 0 N–H and O–H groups in total. The Hall–Kier alpha value is -9.26. The van der Waals surface area contributed by atoms with Crippen molar-refractivity contribution in [1.29, 1.82) is 0 Å². The van der Waals surface area contributed by atoms with Crippen LogP contribution >= 0.6 is 23.5 Å². The number of ether oxygens (including phenoxy) is 12. The Labute approximate surface area is 486 Å². The van der Waals surface area contributed by atoms with E-state index in [2.05, 4.69) is 0 Å². The maximum Gasteiger partial charge on any atom is 0.308 e. The molecule has 0 aliphatic rings. The van der Waals surface area contributed by atoms with Crippen LogP contribution < -0.4 is 56.8 Å². The van der Waals surface area contributed by atoms with Gasteiger partial charge in [0.25, 0.3) is 0 Å². The highest BCUT2D eigenvalue weighted by molar-refractivity contribution is 7.99. The van der Waals surface area contributed by atoms with Crippen LogP contribution in [0.3, 0.4) is 0 Å². The zero-order valence-corrected chi connectivity index (χ0v) is 49.1. The molecule has 0 amide bonds. The average Bonchev–Trinajstić information content (AvgIpc) is 3.48. The van der Waals surface area contributed by atoms with Crippen molar-refractivity contribution < 1.29 is 76.0 Å². The van der Waals surface area contributed by atoms with E-state index < -0.39 is 0 Å². The normalized spacial score (nSPS) is 10.0. The van der Waals surface area contributed by atoms with Gasteiger partial charge in [0.2, 0.25) is 0 Å². The van der Waals surface area contributed by atoms with Gasteiger partial charge in [-0.2, -0.15) is 0 Å². The molecule has 0 saturated carbocycles. The maximum absolute atomic E-state index is 11.1. The van der Waals surface area contributed by atoms with E-state index in [-0.39, 0.29) is 23.9 Å². The summed E-state index contributed by atoms with van der Waals surface area (Å²) in [6.07, 6.45) is 0. The highest BCUT2D eigenvalue weighted by atomic mass is 32.2. The maximum atomic E-state index is 11.1. The molecule has 428 valence electrons. The minimum atomic E-state index is -0.386. The second-order valence-electron chi connectivity index (χ2n) is 17.0. The van der Waals surface area contributed by atoms with Gasteiger partial charge in [-0.3, -0.25) is 19.2 Å². The number of rotatable bonds is 18.